The molecule has 2 amide bonds. The van der Waals surface area contributed by atoms with Crippen LogP contribution in [0.15, 0.2) is 72.1 Å². The average Bonchev–Trinajstić information content (AvgIpc) is 3.24. The molecule has 1 aliphatic rings. The smallest absolute Gasteiger partial charge is 0.259 e. The first-order valence-corrected chi connectivity index (χ1v) is 12.0. The minimum Gasteiger partial charge on any atom is -0.322 e. The van der Waals surface area contributed by atoms with Crippen molar-refractivity contribution in [3.8, 4) is 10.4 Å². The second-order valence-electron chi connectivity index (χ2n) is 8.06. The normalized spacial score (nSPS) is 12.5. The highest BCUT2D eigenvalue weighted by Gasteiger charge is 2.27. The summed E-state index contributed by atoms with van der Waals surface area (Å²) in [5.74, 6) is -1.09. The lowest BCUT2D eigenvalue weighted by Crippen LogP contribution is -2.32. The van der Waals surface area contributed by atoms with E-state index >= 15 is 0 Å². The van der Waals surface area contributed by atoms with Crippen molar-refractivity contribution in [2.45, 2.75) is 13.3 Å². The van der Waals surface area contributed by atoms with E-state index < -0.39 is 11.7 Å². The van der Waals surface area contributed by atoms with Gasteiger partial charge in [0.05, 0.1) is 21.2 Å². The van der Waals surface area contributed by atoms with Gasteiger partial charge >= 0.3 is 0 Å². The number of fused-ring (bicyclic) bond motifs is 3. The lowest BCUT2D eigenvalue weighted by molar-refractivity contribution is 0.0986. The zero-order valence-corrected chi connectivity index (χ0v) is 19.8. The minimum absolute atomic E-state index is 0.198. The largest absolute Gasteiger partial charge is 0.322 e. The van der Waals surface area contributed by atoms with Crippen molar-refractivity contribution in [1.29, 1.82) is 0 Å². The number of thiophene rings is 1. The van der Waals surface area contributed by atoms with Crippen molar-refractivity contribution in [3.05, 3.63) is 105 Å². The van der Waals surface area contributed by atoms with Crippen molar-refractivity contribution in [2.75, 3.05) is 16.8 Å². The molecule has 0 fully saturated rings. The maximum Gasteiger partial charge on any atom is 0.259 e. The Morgan fingerprint density at radius 3 is 2.68 bits per heavy atom. The Bertz CT molecular complexity index is 1430. The Labute approximate surface area is 205 Å². The second-order valence-corrected chi connectivity index (χ2v) is 9.38. The molecule has 3 aromatic carbocycles. The Morgan fingerprint density at radius 2 is 1.85 bits per heavy atom. The van der Waals surface area contributed by atoms with Crippen LogP contribution in [0.4, 0.5) is 15.8 Å². The first-order valence-electron chi connectivity index (χ1n) is 10.8. The van der Waals surface area contributed by atoms with E-state index in [-0.39, 0.29) is 22.1 Å². The Balaban J connectivity index is 1.41. The van der Waals surface area contributed by atoms with Crippen molar-refractivity contribution >= 4 is 46.1 Å². The number of carbonyl (C=O) groups excluding carboxylic acids is 2. The fourth-order valence-corrected chi connectivity index (χ4v) is 5.42. The summed E-state index contributed by atoms with van der Waals surface area (Å²) in [5, 5.41) is 4.95. The lowest BCUT2D eigenvalue weighted by atomic mass is 10.0. The number of nitrogens with one attached hydrogen (secondary N) is 1. The Hall–Kier alpha value is -3.48. The number of nitrogens with zero attached hydrogens (tertiary/aromatic N) is 1. The summed E-state index contributed by atoms with van der Waals surface area (Å²) in [6.07, 6.45) is 0.738. The van der Waals surface area contributed by atoms with Gasteiger partial charge in [-0.05, 0) is 71.8 Å². The average molecular weight is 491 g/mol. The van der Waals surface area contributed by atoms with Gasteiger partial charge in [0.1, 0.15) is 5.82 Å². The van der Waals surface area contributed by atoms with E-state index in [1.165, 1.54) is 17.7 Å². The van der Waals surface area contributed by atoms with Gasteiger partial charge in [0.25, 0.3) is 11.8 Å². The highest BCUT2D eigenvalue weighted by molar-refractivity contribution is 7.14. The lowest BCUT2D eigenvalue weighted by Gasteiger charge is -2.22. The van der Waals surface area contributed by atoms with Gasteiger partial charge in [0.15, 0.2) is 0 Å². The van der Waals surface area contributed by atoms with Gasteiger partial charge in [0, 0.05) is 17.8 Å². The standard InChI is InChI=1S/C27H20ClFN2O2S/c1-16-19(7-4-8-23(16)29)26(32)30-18-9-10-21(22(28)15-18)27(33)31-13-11-17-5-2-3-6-20(17)25-24(31)12-14-34-25/h2-10,12,14-15H,11,13H2,1H3,(H,30,32). The van der Waals surface area contributed by atoms with Gasteiger partial charge < -0.3 is 10.2 Å². The molecule has 7 heteroatoms. The molecule has 5 rings (SSSR count). The highest BCUT2D eigenvalue weighted by atomic mass is 35.5. The number of hydrogen-bond acceptors (Lipinski definition) is 3. The van der Waals surface area contributed by atoms with Crippen LogP contribution in [0.3, 0.4) is 0 Å². The van der Waals surface area contributed by atoms with Crippen LogP contribution in [0.2, 0.25) is 5.02 Å². The minimum atomic E-state index is -0.445. The second kappa shape index (κ2) is 9.05. The Morgan fingerprint density at radius 1 is 1.03 bits per heavy atom. The number of rotatable bonds is 3. The molecule has 1 aromatic heterocycles. The predicted molar refractivity (Wildman–Crippen MR) is 136 cm³/mol. The van der Waals surface area contributed by atoms with E-state index in [1.807, 2.05) is 23.6 Å². The molecule has 34 heavy (non-hydrogen) atoms. The molecule has 0 spiro atoms. The molecule has 0 bridgehead atoms. The van der Waals surface area contributed by atoms with E-state index in [4.69, 9.17) is 11.6 Å². The zero-order chi connectivity index (χ0) is 23.8. The van der Waals surface area contributed by atoms with Gasteiger partial charge in [-0.15, -0.1) is 11.3 Å². The van der Waals surface area contributed by atoms with E-state index in [2.05, 4.69) is 17.4 Å². The fraction of sp³-hybridized carbons (Fsp3) is 0.111. The van der Waals surface area contributed by atoms with Crippen LogP contribution in [-0.2, 0) is 6.42 Å². The molecule has 2 heterocycles. The number of carbonyl (C=O) groups is 2. The molecule has 0 radical (unpaired) electrons. The maximum absolute atomic E-state index is 13.8. The van der Waals surface area contributed by atoms with Crippen molar-refractivity contribution in [3.63, 3.8) is 0 Å². The summed E-state index contributed by atoms with van der Waals surface area (Å²) in [4.78, 5) is 29.0. The maximum atomic E-state index is 13.8. The third-order valence-corrected chi connectivity index (χ3v) is 7.27. The molecule has 0 atom stereocenters. The van der Waals surface area contributed by atoms with Crippen LogP contribution >= 0.6 is 22.9 Å². The van der Waals surface area contributed by atoms with E-state index in [1.54, 1.807) is 47.4 Å². The van der Waals surface area contributed by atoms with E-state index in [0.717, 1.165) is 22.5 Å². The third kappa shape index (κ3) is 4.00. The number of benzene rings is 3. The summed E-state index contributed by atoms with van der Waals surface area (Å²) in [6, 6.07) is 19.3. The van der Waals surface area contributed by atoms with Crippen molar-refractivity contribution in [1.82, 2.24) is 0 Å². The van der Waals surface area contributed by atoms with Crippen LogP contribution in [0.1, 0.15) is 31.8 Å². The van der Waals surface area contributed by atoms with Gasteiger partial charge in [-0.25, -0.2) is 4.39 Å². The summed E-state index contributed by atoms with van der Waals surface area (Å²) >= 11 is 8.11. The van der Waals surface area contributed by atoms with E-state index in [0.29, 0.717) is 17.8 Å². The fourth-order valence-electron chi connectivity index (χ4n) is 4.20. The monoisotopic (exact) mass is 490 g/mol. The number of halogens is 2. The topological polar surface area (TPSA) is 49.4 Å². The molecule has 170 valence electrons. The molecular weight excluding hydrogens is 471 g/mol. The third-order valence-electron chi connectivity index (χ3n) is 6.02. The number of hydrogen-bond donors (Lipinski definition) is 1. The molecule has 0 saturated carbocycles. The summed E-state index contributed by atoms with van der Waals surface area (Å²) < 4.78 is 13.8. The summed E-state index contributed by atoms with van der Waals surface area (Å²) in [6.45, 7) is 2.09. The van der Waals surface area contributed by atoms with Gasteiger partial charge in [-0.3, -0.25) is 9.59 Å². The summed E-state index contributed by atoms with van der Waals surface area (Å²) in [7, 11) is 0. The zero-order valence-electron chi connectivity index (χ0n) is 18.3. The van der Waals surface area contributed by atoms with Crippen molar-refractivity contribution < 1.29 is 14.0 Å². The Kier molecular flexibility index (Phi) is 5.94. The van der Waals surface area contributed by atoms with Crippen LogP contribution in [0.25, 0.3) is 10.4 Å². The molecule has 4 nitrogen and oxygen atoms in total. The van der Waals surface area contributed by atoms with Crippen molar-refractivity contribution in [2.24, 2.45) is 0 Å². The molecule has 0 unspecified atom stereocenters. The molecular formula is C27H20ClFN2O2S. The highest BCUT2D eigenvalue weighted by Crippen LogP contribution is 2.41. The molecule has 4 aromatic rings. The first kappa shape index (κ1) is 22.3. The van der Waals surface area contributed by atoms with Gasteiger partial charge in [-0.1, -0.05) is 41.9 Å². The first-order chi connectivity index (χ1) is 16.4. The molecule has 1 aliphatic heterocycles. The number of anilines is 2. The van der Waals surface area contributed by atoms with Crippen LogP contribution < -0.4 is 10.2 Å². The number of amides is 2. The van der Waals surface area contributed by atoms with Crippen LogP contribution in [-0.4, -0.2) is 18.4 Å². The predicted octanol–water partition coefficient (Wildman–Crippen LogP) is 6.97. The quantitative estimate of drug-likeness (QED) is 0.337. The molecule has 1 N–H and O–H groups in total. The van der Waals surface area contributed by atoms with E-state index in [9.17, 15) is 14.0 Å². The van der Waals surface area contributed by atoms with Crippen LogP contribution in [0.5, 0.6) is 0 Å². The van der Waals surface area contributed by atoms with Crippen LogP contribution in [0, 0.1) is 12.7 Å². The molecule has 0 aliphatic carbocycles. The molecule has 0 saturated heterocycles. The van der Waals surface area contributed by atoms with Gasteiger partial charge in [0.2, 0.25) is 0 Å². The SMILES string of the molecule is Cc1c(F)cccc1C(=O)Nc1ccc(C(=O)N2CCc3ccccc3-c3sccc32)c(Cl)c1. The van der Waals surface area contributed by atoms with Gasteiger partial charge in [-0.2, -0.15) is 0 Å². The summed E-state index contributed by atoms with van der Waals surface area (Å²) in [5.41, 5.74) is 4.52.